The number of alkyl halides is 2. The van der Waals surface area contributed by atoms with Gasteiger partial charge < -0.3 is 9.84 Å². The van der Waals surface area contributed by atoms with Gasteiger partial charge in [-0.25, -0.2) is 18.0 Å². The third-order valence-corrected chi connectivity index (χ3v) is 3.86. The van der Waals surface area contributed by atoms with Crippen LogP contribution < -0.4 is 4.74 Å². The number of rotatable bonds is 4. The van der Waals surface area contributed by atoms with Crippen LogP contribution in [0.25, 0.3) is 0 Å². The Hall–Kier alpha value is -1.43. The molecule has 0 amide bonds. The molecule has 1 N–H and O–H groups in total. The predicted octanol–water partition coefficient (Wildman–Crippen LogP) is 4.38. The van der Waals surface area contributed by atoms with Gasteiger partial charge in [0.25, 0.3) is 0 Å². The Labute approximate surface area is 124 Å². The first kappa shape index (κ1) is 15.9. The summed E-state index contributed by atoms with van der Waals surface area (Å²) in [5, 5.41) is 8.73. The van der Waals surface area contributed by atoms with Gasteiger partial charge in [0.15, 0.2) is 0 Å². The van der Waals surface area contributed by atoms with Gasteiger partial charge in [-0.1, -0.05) is 11.6 Å². The lowest BCUT2D eigenvalue weighted by Crippen LogP contribution is -2.27. The number of carboxylic acids is 1. The first-order valence-electron chi connectivity index (χ1n) is 6.51. The highest BCUT2D eigenvalue weighted by Gasteiger charge is 2.35. The normalized spacial score (nSPS) is 18.5. The fraction of sp³-hybridized carbons (Fsp3) is 0.500. The maximum absolute atomic E-state index is 13.5. The van der Waals surface area contributed by atoms with Crippen LogP contribution in [0.2, 0.25) is 5.02 Å². The second-order valence-electron chi connectivity index (χ2n) is 5.18. The first-order chi connectivity index (χ1) is 9.78. The van der Waals surface area contributed by atoms with E-state index in [1.807, 2.05) is 0 Å². The van der Waals surface area contributed by atoms with Gasteiger partial charge in [0.2, 0.25) is 5.92 Å². The van der Waals surface area contributed by atoms with Crippen molar-refractivity contribution in [2.75, 3.05) is 6.61 Å². The number of hydrogen-bond acceptors (Lipinski definition) is 2. The molecule has 1 fully saturated rings. The van der Waals surface area contributed by atoms with Crippen molar-refractivity contribution in [3.8, 4) is 5.75 Å². The monoisotopic (exact) mass is 322 g/mol. The van der Waals surface area contributed by atoms with Crippen molar-refractivity contribution in [1.29, 1.82) is 0 Å². The van der Waals surface area contributed by atoms with Crippen LogP contribution >= 0.6 is 11.6 Å². The molecule has 0 heterocycles. The Morgan fingerprint density at radius 3 is 2.57 bits per heavy atom. The number of carbonyl (C=O) groups is 1. The van der Waals surface area contributed by atoms with E-state index in [2.05, 4.69) is 0 Å². The number of ether oxygens (including phenoxy) is 1. The number of benzene rings is 1. The zero-order valence-corrected chi connectivity index (χ0v) is 11.8. The van der Waals surface area contributed by atoms with Gasteiger partial charge in [0.1, 0.15) is 11.6 Å². The lowest BCUT2D eigenvalue weighted by Gasteiger charge is -2.28. The molecule has 1 aromatic rings. The first-order valence-corrected chi connectivity index (χ1v) is 6.89. The molecule has 0 bridgehead atoms. The van der Waals surface area contributed by atoms with Gasteiger partial charge in [-0.15, -0.1) is 0 Å². The van der Waals surface area contributed by atoms with Crippen LogP contribution in [0, 0.1) is 11.7 Å². The molecule has 0 atom stereocenters. The summed E-state index contributed by atoms with van der Waals surface area (Å²) in [6.07, 6.45) is 0.308. The van der Waals surface area contributed by atoms with Crippen LogP contribution in [0.4, 0.5) is 13.2 Å². The largest absolute Gasteiger partial charge is 0.492 e. The van der Waals surface area contributed by atoms with Crippen LogP contribution in [0.3, 0.4) is 0 Å². The van der Waals surface area contributed by atoms with Crippen molar-refractivity contribution in [2.45, 2.75) is 31.6 Å². The van der Waals surface area contributed by atoms with E-state index in [-0.39, 0.29) is 36.1 Å². The van der Waals surface area contributed by atoms with Gasteiger partial charge in [-0.05, 0) is 24.8 Å². The third kappa shape index (κ3) is 4.03. The van der Waals surface area contributed by atoms with E-state index in [1.54, 1.807) is 0 Å². The highest BCUT2D eigenvalue weighted by atomic mass is 35.5. The topological polar surface area (TPSA) is 46.5 Å². The average molecular weight is 323 g/mol. The van der Waals surface area contributed by atoms with Gasteiger partial charge >= 0.3 is 5.97 Å². The fourth-order valence-corrected chi connectivity index (χ4v) is 2.50. The van der Waals surface area contributed by atoms with Crippen LogP contribution in [0.1, 0.15) is 36.0 Å². The lowest BCUT2D eigenvalue weighted by atomic mass is 9.87. The summed E-state index contributed by atoms with van der Waals surface area (Å²) in [5.74, 6) is -4.99. The Bertz CT molecular complexity index is 539. The zero-order chi connectivity index (χ0) is 15.6. The summed E-state index contributed by atoms with van der Waals surface area (Å²) >= 11 is 5.83. The Kier molecular flexibility index (Phi) is 4.66. The van der Waals surface area contributed by atoms with E-state index < -0.39 is 23.3 Å². The quantitative estimate of drug-likeness (QED) is 0.894. The summed E-state index contributed by atoms with van der Waals surface area (Å²) in [4.78, 5) is 10.7. The molecule has 0 saturated heterocycles. The van der Waals surface area contributed by atoms with Crippen molar-refractivity contribution in [2.24, 2.45) is 5.92 Å². The van der Waals surface area contributed by atoms with Gasteiger partial charge in [-0.2, -0.15) is 0 Å². The molecule has 1 aromatic carbocycles. The Balaban J connectivity index is 1.98. The SMILES string of the molecule is O=C(O)c1cc(Cl)c(OCC2CCC(F)(F)CC2)cc1F. The molecule has 0 radical (unpaired) electrons. The van der Waals surface area contributed by atoms with E-state index in [1.165, 1.54) is 0 Å². The standard InChI is InChI=1S/C14H14ClF3O3/c15-10-5-9(13(19)20)11(16)6-12(10)21-7-8-1-3-14(17,18)4-2-8/h5-6,8H,1-4,7H2,(H,19,20). The van der Waals surface area contributed by atoms with E-state index in [0.29, 0.717) is 12.8 Å². The van der Waals surface area contributed by atoms with Crippen molar-refractivity contribution in [3.63, 3.8) is 0 Å². The summed E-state index contributed by atoms with van der Waals surface area (Å²) < 4.78 is 44.9. The van der Waals surface area contributed by atoms with Crippen molar-refractivity contribution in [3.05, 3.63) is 28.5 Å². The lowest BCUT2D eigenvalue weighted by molar-refractivity contribution is -0.0498. The molecule has 21 heavy (non-hydrogen) atoms. The Morgan fingerprint density at radius 1 is 1.38 bits per heavy atom. The van der Waals surface area contributed by atoms with Crippen LogP contribution in [-0.2, 0) is 0 Å². The summed E-state index contributed by atoms with van der Waals surface area (Å²) in [6, 6.07) is 1.88. The molecule has 1 aliphatic rings. The summed E-state index contributed by atoms with van der Waals surface area (Å²) in [5.41, 5.74) is -0.537. The molecule has 3 nitrogen and oxygen atoms in total. The highest BCUT2D eigenvalue weighted by molar-refractivity contribution is 6.32. The number of halogens is 4. The second-order valence-corrected chi connectivity index (χ2v) is 5.59. The van der Waals surface area contributed by atoms with Gasteiger partial charge in [0.05, 0.1) is 17.2 Å². The Morgan fingerprint density at radius 2 is 2.00 bits per heavy atom. The smallest absolute Gasteiger partial charge is 0.338 e. The van der Waals surface area contributed by atoms with E-state index >= 15 is 0 Å². The van der Waals surface area contributed by atoms with E-state index in [0.717, 1.165) is 12.1 Å². The summed E-state index contributed by atoms with van der Waals surface area (Å²) in [7, 11) is 0. The maximum Gasteiger partial charge on any atom is 0.338 e. The molecule has 0 aromatic heterocycles. The number of hydrogen-bond donors (Lipinski definition) is 1. The molecule has 7 heteroatoms. The average Bonchev–Trinajstić information content (AvgIpc) is 2.40. The molecule has 1 aliphatic carbocycles. The molecule has 2 rings (SSSR count). The number of carboxylic acid groups (broad SMARTS) is 1. The van der Waals surface area contributed by atoms with Crippen LogP contribution in [-0.4, -0.2) is 23.6 Å². The van der Waals surface area contributed by atoms with Crippen molar-refractivity contribution >= 4 is 17.6 Å². The van der Waals surface area contributed by atoms with Crippen molar-refractivity contribution in [1.82, 2.24) is 0 Å². The van der Waals surface area contributed by atoms with E-state index in [4.69, 9.17) is 21.4 Å². The molecular formula is C14H14ClF3O3. The van der Waals surface area contributed by atoms with E-state index in [9.17, 15) is 18.0 Å². The third-order valence-electron chi connectivity index (χ3n) is 3.56. The fourth-order valence-electron chi connectivity index (χ4n) is 2.28. The van der Waals surface area contributed by atoms with Crippen LogP contribution in [0.15, 0.2) is 12.1 Å². The molecular weight excluding hydrogens is 309 g/mol. The minimum atomic E-state index is -2.61. The molecule has 0 aliphatic heterocycles. The van der Waals surface area contributed by atoms with Gasteiger partial charge in [0, 0.05) is 18.9 Å². The zero-order valence-electron chi connectivity index (χ0n) is 11.0. The summed E-state index contributed by atoms with van der Waals surface area (Å²) in [6.45, 7) is 0.154. The molecule has 0 spiro atoms. The minimum Gasteiger partial charge on any atom is -0.492 e. The number of aromatic carboxylic acids is 1. The predicted molar refractivity (Wildman–Crippen MR) is 70.8 cm³/mol. The van der Waals surface area contributed by atoms with Crippen LogP contribution in [0.5, 0.6) is 5.75 Å². The minimum absolute atomic E-state index is 0.0186. The van der Waals surface area contributed by atoms with Crippen molar-refractivity contribution < 1.29 is 27.8 Å². The highest BCUT2D eigenvalue weighted by Crippen LogP contribution is 2.37. The van der Waals surface area contributed by atoms with Gasteiger partial charge in [-0.3, -0.25) is 0 Å². The molecule has 0 unspecified atom stereocenters. The molecule has 116 valence electrons. The maximum atomic E-state index is 13.5. The second kappa shape index (κ2) is 6.13. The molecule has 1 saturated carbocycles.